The van der Waals surface area contributed by atoms with Crippen molar-refractivity contribution in [3.63, 3.8) is 0 Å². The molecule has 0 spiro atoms. The van der Waals surface area contributed by atoms with Gasteiger partial charge in [-0.1, -0.05) is 13.8 Å². The van der Waals surface area contributed by atoms with Crippen LogP contribution in [0.2, 0.25) is 0 Å². The van der Waals surface area contributed by atoms with Crippen molar-refractivity contribution in [3.05, 3.63) is 59.3 Å². The number of hydrogen-bond acceptors (Lipinski definition) is 6. The molecule has 5 rings (SSSR count). The first-order valence-corrected chi connectivity index (χ1v) is 11.5. The first-order chi connectivity index (χ1) is 16.6. The Morgan fingerprint density at radius 1 is 1.14 bits per heavy atom. The predicted octanol–water partition coefficient (Wildman–Crippen LogP) is 4.93. The maximum Gasteiger partial charge on any atom is 0.416 e. The highest BCUT2D eigenvalue weighted by atomic mass is 19.4. The zero-order chi connectivity index (χ0) is 24.9. The number of imidazole rings is 1. The quantitative estimate of drug-likeness (QED) is 0.550. The van der Waals surface area contributed by atoms with Gasteiger partial charge >= 0.3 is 12.3 Å². The normalized spacial score (nSPS) is 18.3. The van der Waals surface area contributed by atoms with E-state index in [1.165, 1.54) is 12.1 Å². The minimum atomic E-state index is -4.37. The van der Waals surface area contributed by atoms with Gasteiger partial charge in [0.15, 0.2) is 0 Å². The summed E-state index contributed by atoms with van der Waals surface area (Å²) >= 11 is 0. The summed E-state index contributed by atoms with van der Waals surface area (Å²) in [6.45, 7) is 6.27. The van der Waals surface area contributed by atoms with Gasteiger partial charge in [-0.15, -0.1) is 0 Å². The standard InChI is InChI=1S/C24H25F3N6O2/c1-13(2)19-11-35-23(34)33(19)20-8-9-28-22(31-20)30-14(3)21-18-6-4-15-10-16(24(25,26)27)5-7-17(15)32(18)12-29-21/h5,7-10,12-14,19H,4,6,11H2,1-3H3,(H,28,30,31)/t14?,19-/m1/s1. The number of alkyl halides is 3. The molecule has 11 heteroatoms. The molecule has 2 aliphatic heterocycles. The molecular formula is C24H25F3N6O2. The van der Waals surface area contributed by atoms with E-state index in [9.17, 15) is 18.0 Å². The van der Waals surface area contributed by atoms with Crippen molar-refractivity contribution in [2.45, 2.75) is 51.9 Å². The van der Waals surface area contributed by atoms with Gasteiger partial charge in [0.1, 0.15) is 12.4 Å². The monoisotopic (exact) mass is 486 g/mol. The number of ether oxygens (including phenoxy) is 1. The summed E-state index contributed by atoms with van der Waals surface area (Å²) < 4.78 is 46.4. The maximum atomic E-state index is 13.1. The van der Waals surface area contributed by atoms with Gasteiger partial charge in [-0.05, 0) is 55.5 Å². The Kier molecular flexibility index (Phi) is 5.65. The third kappa shape index (κ3) is 4.19. The van der Waals surface area contributed by atoms with Gasteiger partial charge in [-0.25, -0.2) is 14.8 Å². The second kappa shape index (κ2) is 8.54. The molecule has 1 aromatic carbocycles. The van der Waals surface area contributed by atoms with E-state index in [2.05, 4.69) is 20.3 Å². The number of aromatic nitrogens is 4. The molecule has 0 aliphatic carbocycles. The second-order valence-corrected chi connectivity index (χ2v) is 9.15. The number of carbonyl (C=O) groups is 1. The van der Waals surface area contributed by atoms with Crippen LogP contribution in [-0.2, 0) is 23.8 Å². The number of rotatable bonds is 5. The summed E-state index contributed by atoms with van der Waals surface area (Å²) in [4.78, 5) is 27.2. The molecule has 2 aliphatic rings. The van der Waals surface area contributed by atoms with E-state index in [0.717, 1.165) is 17.5 Å². The lowest BCUT2D eigenvalue weighted by molar-refractivity contribution is -0.137. The van der Waals surface area contributed by atoms with Gasteiger partial charge in [0.25, 0.3) is 0 Å². The molecule has 1 N–H and O–H groups in total. The largest absolute Gasteiger partial charge is 0.447 e. The van der Waals surface area contributed by atoms with E-state index in [0.29, 0.717) is 42.5 Å². The Morgan fingerprint density at radius 3 is 2.69 bits per heavy atom. The smallest absolute Gasteiger partial charge is 0.416 e. The van der Waals surface area contributed by atoms with Gasteiger partial charge in [0, 0.05) is 17.6 Å². The van der Waals surface area contributed by atoms with Crippen molar-refractivity contribution in [1.82, 2.24) is 19.5 Å². The Morgan fingerprint density at radius 2 is 1.94 bits per heavy atom. The zero-order valence-corrected chi connectivity index (χ0v) is 19.5. The number of nitrogens with zero attached hydrogens (tertiary/aromatic N) is 5. The van der Waals surface area contributed by atoms with E-state index in [4.69, 9.17) is 4.74 Å². The van der Waals surface area contributed by atoms with Gasteiger partial charge in [0.2, 0.25) is 5.95 Å². The lowest BCUT2D eigenvalue weighted by Crippen LogP contribution is -2.37. The summed E-state index contributed by atoms with van der Waals surface area (Å²) in [5.74, 6) is 0.987. The topological polar surface area (TPSA) is 85.2 Å². The van der Waals surface area contributed by atoms with E-state index in [-0.39, 0.29) is 18.0 Å². The molecular weight excluding hydrogens is 461 g/mol. The van der Waals surface area contributed by atoms with Crippen molar-refractivity contribution in [2.24, 2.45) is 5.92 Å². The lowest BCUT2D eigenvalue weighted by atomic mass is 9.97. The summed E-state index contributed by atoms with van der Waals surface area (Å²) in [5.41, 5.74) is 2.40. The SMILES string of the molecule is CC(Nc1nccc(N2C(=O)OC[C@@H]2C(C)C)n1)c1ncn2c1CCc1cc(C(F)(F)F)ccc1-2. The van der Waals surface area contributed by atoms with Crippen LogP contribution in [0.4, 0.5) is 29.7 Å². The molecule has 2 atom stereocenters. The Balaban J connectivity index is 1.38. The van der Waals surface area contributed by atoms with E-state index in [1.54, 1.807) is 23.5 Å². The third-order valence-corrected chi connectivity index (χ3v) is 6.52. The fourth-order valence-electron chi connectivity index (χ4n) is 4.66. The molecule has 0 saturated carbocycles. The summed E-state index contributed by atoms with van der Waals surface area (Å²) in [7, 11) is 0. The number of hydrogen-bond donors (Lipinski definition) is 1. The van der Waals surface area contributed by atoms with Gasteiger partial charge < -0.3 is 14.6 Å². The van der Waals surface area contributed by atoms with E-state index < -0.39 is 17.8 Å². The number of cyclic esters (lactones) is 1. The molecule has 8 nitrogen and oxygen atoms in total. The van der Waals surface area contributed by atoms with E-state index in [1.807, 2.05) is 25.3 Å². The van der Waals surface area contributed by atoms with Crippen LogP contribution in [0.5, 0.6) is 0 Å². The van der Waals surface area contributed by atoms with Crippen LogP contribution >= 0.6 is 0 Å². The molecule has 0 bridgehead atoms. The van der Waals surface area contributed by atoms with Crippen LogP contribution in [-0.4, -0.2) is 38.3 Å². The van der Waals surface area contributed by atoms with Crippen LogP contribution in [0.25, 0.3) is 5.69 Å². The number of fused-ring (bicyclic) bond motifs is 3. The van der Waals surface area contributed by atoms with Crippen molar-refractivity contribution < 1.29 is 22.7 Å². The Labute approximate surface area is 200 Å². The van der Waals surface area contributed by atoms with Gasteiger partial charge in [-0.3, -0.25) is 4.90 Å². The van der Waals surface area contributed by atoms with Crippen LogP contribution in [0.3, 0.4) is 0 Å². The number of nitrogens with one attached hydrogen (secondary N) is 1. The summed E-state index contributed by atoms with van der Waals surface area (Å²) in [5, 5.41) is 3.24. The van der Waals surface area contributed by atoms with Crippen molar-refractivity contribution >= 4 is 17.9 Å². The number of aryl methyl sites for hydroxylation is 1. The van der Waals surface area contributed by atoms with Crippen LogP contribution in [0.1, 0.15) is 49.3 Å². The van der Waals surface area contributed by atoms with Crippen LogP contribution in [0, 0.1) is 5.92 Å². The highest BCUT2D eigenvalue weighted by Gasteiger charge is 2.37. The maximum absolute atomic E-state index is 13.1. The van der Waals surface area contributed by atoms with Gasteiger partial charge in [0.05, 0.1) is 29.7 Å². The van der Waals surface area contributed by atoms with Crippen molar-refractivity contribution in [3.8, 4) is 5.69 Å². The summed E-state index contributed by atoms with van der Waals surface area (Å²) in [6, 6.07) is 5.10. The number of benzene rings is 1. The molecule has 1 amide bonds. The molecule has 184 valence electrons. The molecule has 4 heterocycles. The second-order valence-electron chi connectivity index (χ2n) is 9.15. The molecule has 1 fully saturated rings. The predicted molar refractivity (Wildman–Crippen MR) is 122 cm³/mol. The highest BCUT2D eigenvalue weighted by Crippen LogP contribution is 2.35. The fourth-order valence-corrected chi connectivity index (χ4v) is 4.66. The lowest BCUT2D eigenvalue weighted by Gasteiger charge is -2.24. The Hall–Kier alpha value is -3.63. The number of amides is 1. The molecule has 3 aromatic rings. The first-order valence-electron chi connectivity index (χ1n) is 11.5. The van der Waals surface area contributed by atoms with Gasteiger partial charge in [-0.2, -0.15) is 18.2 Å². The number of halogens is 3. The van der Waals surface area contributed by atoms with Crippen molar-refractivity contribution in [1.29, 1.82) is 0 Å². The van der Waals surface area contributed by atoms with Crippen LogP contribution in [0.15, 0.2) is 36.8 Å². The minimum Gasteiger partial charge on any atom is -0.447 e. The average molecular weight is 486 g/mol. The molecule has 35 heavy (non-hydrogen) atoms. The van der Waals surface area contributed by atoms with Crippen LogP contribution < -0.4 is 10.2 Å². The Bertz CT molecular complexity index is 1270. The zero-order valence-electron chi connectivity index (χ0n) is 19.5. The average Bonchev–Trinajstić information content (AvgIpc) is 3.42. The fraction of sp³-hybridized carbons (Fsp3) is 0.417. The minimum absolute atomic E-state index is 0.110. The molecule has 0 radical (unpaired) electrons. The molecule has 1 saturated heterocycles. The van der Waals surface area contributed by atoms with Crippen molar-refractivity contribution in [2.75, 3.05) is 16.8 Å². The number of anilines is 2. The molecule has 1 unspecified atom stereocenters. The first kappa shape index (κ1) is 23.1. The number of carbonyl (C=O) groups excluding carboxylic acids is 1. The molecule has 2 aromatic heterocycles. The summed E-state index contributed by atoms with van der Waals surface area (Å²) in [6.07, 6.45) is -0.534. The van der Waals surface area contributed by atoms with E-state index >= 15 is 0 Å². The third-order valence-electron chi connectivity index (χ3n) is 6.52. The highest BCUT2D eigenvalue weighted by molar-refractivity contribution is 5.89.